The van der Waals surface area contributed by atoms with Crippen molar-refractivity contribution in [2.45, 2.75) is 26.8 Å². The molecule has 0 saturated heterocycles. The van der Waals surface area contributed by atoms with Crippen LogP contribution in [0.15, 0.2) is 24.3 Å². The third-order valence-electron chi connectivity index (χ3n) is 3.20. The van der Waals surface area contributed by atoms with Crippen LogP contribution in [0.3, 0.4) is 0 Å². The van der Waals surface area contributed by atoms with Crippen LogP contribution in [0.1, 0.15) is 31.0 Å². The summed E-state index contributed by atoms with van der Waals surface area (Å²) in [6.45, 7) is 10.2. The molecule has 0 spiro atoms. The van der Waals surface area contributed by atoms with E-state index in [-0.39, 0.29) is 6.04 Å². The molecule has 1 atom stereocenters. The van der Waals surface area contributed by atoms with Crippen LogP contribution in [-0.2, 0) is 4.74 Å². The number of nitrogens with zero attached hydrogens (tertiary/aromatic N) is 1. The van der Waals surface area contributed by atoms with Crippen molar-refractivity contribution in [2.24, 2.45) is 11.7 Å². The van der Waals surface area contributed by atoms with Gasteiger partial charge < -0.3 is 10.5 Å². The molecule has 0 heterocycles. The molecule has 0 aliphatic carbocycles. The molecule has 0 aliphatic rings. The summed E-state index contributed by atoms with van der Waals surface area (Å²) in [6.07, 6.45) is 0. The van der Waals surface area contributed by atoms with Gasteiger partial charge >= 0.3 is 0 Å². The van der Waals surface area contributed by atoms with Gasteiger partial charge in [0.1, 0.15) is 0 Å². The minimum absolute atomic E-state index is 0.0659. The molecular formula is C16H28N2O. The van der Waals surface area contributed by atoms with Crippen LogP contribution in [0, 0.1) is 12.8 Å². The molecule has 0 saturated carbocycles. The number of aryl methyl sites for hydroxylation is 1. The van der Waals surface area contributed by atoms with Crippen LogP contribution in [-0.4, -0.2) is 38.3 Å². The van der Waals surface area contributed by atoms with E-state index in [1.807, 2.05) is 0 Å². The summed E-state index contributed by atoms with van der Waals surface area (Å²) in [5.74, 6) is 0.641. The Bertz CT molecular complexity index is 348. The highest BCUT2D eigenvalue weighted by Crippen LogP contribution is 2.13. The predicted molar refractivity (Wildman–Crippen MR) is 81.3 cm³/mol. The summed E-state index contributed by atoms with van der Waals surface area (Å²) < 4.78 is 5.17. The summed E-state index contributed by atoms with van der Waals surface area (Å²) >= 11 is 0. The van der Waals surface area contributed by atoms with Crippen LogP contribution in [0.5, 0.6) is 0 Å². The zero-order valence-electron chi connectivity index (χ0n) is 12.7. The summed E-state index contributed by atoms with van der Waals surface area (Å²) in [7, 11) is 1.74. The van der Waals surface area contributed by atoms with Gasteiger partial charge in [-0.05, 0) is 18.4 Å². The SMILES string of the molecule is COCCN(CC(C)C)CC(N)c1ccc(C)cc1. The Morgan fingerprint density at radius 3 is 2.32 bits per heavy atom. The molecule has 3 nitrogen and oxygen atoms in total. The summed E-state index contributed by atoms with van der Waals surface area (Å²) in [4.78, 5) is 2.39. The molecule has 3 heteroatoms. The van der Waals surface area contributed by atoms with Crippen LogP contribution < -0.4 is 5.73 Å². The van der Waals surface area contributed by atoms with Gasteiger partial charge in [-0.1, -0.05) is 43.7 Å². The van der Waals surface area contributed by atoms with Gasteiger partial charge in [-0.25, -0.2) is 0 Å². The fraction of sp³-hybridized carbons (Fsp3) is 0.625. The van der Waals surface area contributed by atoms with Gasteiger partial charge in [0.2, 0.25) is 0 Å². The second-order valence-corrected chi connectivity index (χ2v) is 5.66. The zero-order chi connectivity index (χ0) is 14.3. The third kappa shape index (κ3) is 6.19. The first-order valence-corrected chi connectivity index (χ1v) is 7.06. The Balaban J connectivity index is 2.58. The van der Waals surface area contributed by atoms with Crippen LogP contribution >= 0.6 is 0 Å². The Kier molecular flexibility index (Phi) is 7.06. The van der Waals surface area contributed by atoms with E-state index in [0.717, 1.165) is 26.2 Å². The fourth-order valence-electron chi connectivity index (χ4n) is 2.19. The average molecular weight is 264 g/mol. The largest absolute Gasteiger partial charge is 0.383 e. The van der Waals surface area contributed by atoms with E-state index in [1.54, 1.807) is 7.11 Å². The van der Waals surface area contributed by atoms with Crippen molar-refractivity contribution in [3.05, 3.63) is 35.4 Å². The van der Waals surface area contributed by atoms with Crippen molar-refractivity contribution in [3.8, 4) is 0 Å². The van der Waals surface area contributed by atoms with Gasteiger partial charge in [0.15, 0.2) is 0 Å². The lowest BCUT2D eigenvalue weighted by molar-refractivity contribution is 0.136. The number of rotatable bonds is 8. The quantitative estimate of drug-likeness (QED) is 0.784. The maximum Gasteiger partial charge on any atom is 0.0589 e. The topological polar surface area (TPSA) is 38.5 Å². The molecule has 0 amide bonds. The third-order valence-corrected chi connectivity index (χ3v) is 3.20. The summed E-state index contributed by atoms with van der Waals surface area (Å²) in [5.41, 5.74) is 8.79. The van der Waals surface area contributed by atoms with Gasteiger partial charge in [0.25, 0.3) is 0 Å². The van der Waals surface area contributed by atoms with Crippen LogP contribution in [0.25, 0.3) is 0 Å². The number of benzene rings is 1. The van der Waals surface area contributed by atoms with Crippen molar-refractivity contribution >= 4 is 0 Å². The Labute approximate surface area is 117 Å². The average Bonchev–Trinajstić information content (AvgIpc) is 2.36. The van der Waals surface area contributed by atoms with Gasteiger partial charge in [0.05, 0.1) is 6.61 Å². The van der Waals surface area contributed by atoms with E-state index in [9.17, 15) is 0 Å². The molecule has 0 fully saturated rings. The molecule has 0 aliphatic heterocycles. The van der Waals surface area contributed by atoms with Gasteiger partial charge in [0, 0.05) is 32.8 Å². The van der Waals surface area contributed by atoms with E-state index in [4.69, 9.17) is 10.5 Å². The lowest BCUT2D eigenvalue weighted by atomic mass is 10.0. The molecule has 1 aromatic rings. The van der Waals surface area contributed by atoms with Crippen LogP contribution in [0.2, 0.25) is 0 Å². The number of ether oxygens (including phenoxy) is 1. The van der Waals surface area contributed by atoms with Crippen molar-refractivity contribution in [2.75, 3.05) is 33.4 Å². The van der Waals surface area contributed by atoms with Gasteiger partial charge in [-0.2, -0.15) is 0 Å². The first-order chi connectivity index (χ1) is 9.02. The molecule has 1 rings (SSSR count). The van der Waals surface area contributed by atoms with Crippen molar-refractivity contribution in [3.63, 3.8) is 0 Å². The lowest BCUT2D eigenvalue weighted by Crippen LogP contribution is -2.37. The molecular weight excluding hydrogens is 236 g/mol. The van der Waals surface area contributed by atoms with Crippen molar-refractivity contribution in [1.82, 2.24) is 4.90 Å². The van der Waals surface area contributed by atoms with E-state index in [2.05, 4.69) is 49.9 Å². The monoisotopic (exact) mass is 264 g/mol. The molecule has 0 bridgehead atoms. The minimum Gasteiger partial charge on any atom is -0.383 e. The second kappa shape index (κ2) is 8.31. The minimum atomic E-state index is 0.0659. The first-order valence-electron chi connectivity index (χ1n) is 7.06. The van der Waals surface area contributed by atoms with Gasteiger partial charge in [-0.15, -0.1) is 0 Å². The second-order valence-electron chi connectivity index (χ2n) is 5.66. The molecule has 0 radical (unpaired) electrons. The molecule has 108 valence electrons. The van der Waals surface area contributed by atoms with Crippen molar-refractivity contribution < 1.29 is 4.74 Å². The van der Waals surface area contributed by atoms with E-state index < -0.39 is 0 Å². The van der Waals surface area contributed by atoms with E-state index in [1.165, 1.54) is 11.1 Å². The van der Waals surface area contributed by atoms with E-state index >= 15 is 0 Å². The highest BCUT2D eigenvalue weighted by Gasteiger charge is 2.13. The molecule has 1 unspecified atom stereocenters. The summed E-state index contributed by atoms with van der Waals surface area (Å²) in [6, 6.07) is 8.57. The maximum absolute atomic E-state index is 6.31. The Hall–Kier alpha value is -0.900. The van der Waals surface area contributed by atoms with Crippen LogP contribution in [0.4, 0.5) is 0 Å². The number of hydrogen-bond acceptors (Lipinski definition) is 3. The van der Waals surface area contributed by atoms with Gasteiger partial charge in [-0.3, -0.25) is 4.90 Å². The molecule has 0 aromatic heterocycles. The lowest BCUT2D eigenvalue weighted by Gasteiger charge is -2.27. The highest BCUT2D eigenvalue weighted by atomic mass is 16.5. The Morgan fingerprint density at radius 1 is 1.16 bits per heavy atom. The fourth-order valence-corrected chi connectivity index (χ4v) is 2.19. The predicted octanol–water partition coefficient (Wildman–Crippen LogP) is 2.60. The zero-order valence-corrected chi connectivity index (χ0v) is 12.7. The molecule has 1 aromatic carbocycles. The number of methoxy groups -OCH3 is 1. The first kappa shape index (κ1) is 16.2. The smallest absolute Gasteiger partial charge is 0.0589 e. The molecule has 19 heavy (non-hydrogen) atoms. The van der Waals surface area contributed by atoms with E-state index in [0.29, 0.717) is 5.92 Å². The van der Waals surface area contributed by atoms with Crippen molar-refractivity contribution in [1.29, 1.82) is 0 Å². The maximum atomic E-state index is 6.31. The standard InChI is InChI=1S/C16H28N2O/c1-13(2)11-18(9-10-19-4)12-16(17)15-7-5-14(3)6-8-15/h5-8,13,16H,9-12,17H2,1-4H3. The summed E-state index contributed by atoms with van der Waals surface area (Å²) in [5, 5.41) is 0. The number of hydrogen-bond donors (Lipinski definition) is 1. The highest BCUT2D eigenvalue weighted by molar-refractivity contribution is 5.24. The molecule has 2 N–H and O–H groups in total. The normalized spacial score (nSPS) is 13.2. The Morgan fingerprint density at radius 2 is 1.79 bits per heavy atom. The number of nitrogens with two attached hydrogens (primary N) is 1.